The zero-order chi connectivity index (χ0) is 6.62. The maximum absolute atomic E-state index is 3.15. The predicted octanol–water partition coefficient (Wildman–Crippen LogP) is 2.54. The van der Waals surface area contributed by atoms with Crippen molar-refractivity contribution in [3.63, 3.8) is 0 Å². The van der Waals surface area contributed by atoms with Gasteiger partial charge in [-0.25, -0.2) is 0 Å². The Hall–Kier alpha value is 0.519. The summed E-state index contributed by atoms with van der Waals surface area (Å²) >= 11 is 3.15. The molecule has 0 atom stereocenters. The van der Waals surface area contributed by atoms with Crippen LogP contribution in [0, 0.1) is 0 Å². The zero-order valence-corrected chi connectivity index (χ0v) is 7.74. The van der Waals surface area contributed by atoms with Crippen LogP contribution in [0.1, 0.15) is 40.0 Å². The molecule has 0 N–H and O–H groups in total. The monoisotopic (exact) mass is 179 g/mol. The summed E-state index contributed by atoms with van der Waals surface area (Å²) in [7, 11) is 0. The molecule has 0 aliphatic heterocycles. The molecular formula is C7H15Se. The molecule has 0 amide bonds. The Morgan fingerprint density at radius 2 is 1.88 bits per heavy atom. The minimum atomic E-state index is 0.427. The van der Waals surface area contributed by atoms with Gasteiger partial charge < -0.3 is 0 Å². The summed E-state index contributed by atoms with van der Waals surface area (Å²) < 4.78 is 0.427. The fourth-order valence-corrected chi connectivity index (χ4v) is 0.905. The summed E-state index contributed by atoms with van der Waals surface area (Å²) in [6, 6.07) is 0. The fraction of sp³-hybridized carbons (Fsp3) is 1.00. The number of hydrogen-bond donors (Lipinski definition) is 0. The topological polar surface area (TPSA) is 0 Å². The molecule has 0 heterocycles. The van der Waals surface area contributed by atoms with Gasteiger partial charge in [-0.05, 0) is 0 Å². The SMILES string of the molecule is CCCCC(C)(C)[Se]. The van der Waals surface area contributed by atoms with E-state index in [-0.39, 0.29) is 0 Å². The second-order valence-corrected chi connectivity index (χ2v) is 5.18. The van der Waals surface area contributed by atoms with Crippen molar-refractivity contribution in [1.82, 2.24) is 0 Å². The Balaban J connectivity index is 3.11. The van der Waals surface area contributed by atoms with Crippen molar-refractivity contribution >= 4 is 16.0 Å². The number of hydrogen-bond acceptors (Lipinski definition) is 0. The Kier molecular flexibility index (Phi) is 3.76. The molecule has 0 aromatic heterocycles. The number of rotatable bonds is 3. The van der Waals surface area contributed by atoms with Crippen LogP contribution in [0.3, 0.4) is 0 Å². The molecule has 0 nitrogen and oxygen atoms in total. The van der Waals surface area contributed by atoms with Gasteiger partial charge >= 0.3 is 60.4 Å². The first-order valence-electron chi connectivity index (χ1n) is 3.26. The second kappa shape index (κ2) is 3.53. The van der Waals surface area contributed by atoms with Gasteiger partial charge in [0.15, 0.2) is 0 Å². The van der Waals surface area contributed by atoms with Gasteiger partial charge in [-0.15, -0.1) is 0 Å². The minimum absolute atomic E-state index is 0.427. The first-order valence-corrected chi connectivity index (χ1v) is 4.12. The van der Waals surface area contributed by atoms with Gasteiger partial charge in [0.2, 0.25) is 0 Å². The molecule has 0 unspecified atom stereocenters. The first kappa shape index (κ1) is 8.52. The van der Waals surface area contributed by atoms with E-state index >= 15 is 0 Å². The summed E-state index contributed by atoms with van der Waals surface area (Å²) in [4.78, 5) is 0. The van der Waals surface area contributed by atoms with Crippen molar-refractivity contribution in [3.05, 3.63) is 0 Å². The van der Waals surface area contributed by atoms with Gasteiger partial charge in [-0.2, -0.15) is 0 Å². The van der Waals surface area contributed by atoms with E-state index < -0.39 is 0 Å². The molecule has 0 saturated heterocycles. The van der Waals surface area contributed by atoms with Crippen LogP contribution in [-0.2, 0) is 0 Å². The molecule has 0 aromatic rings. The molecule has 0 fully saturated rings. The Bertz CT molecular complexity index is 51.9. The average Bonchev–Trinajstić information content (AvgIpc) is 1.59. The van der Waals surface area contributed by atoms with Crippen LogP contribution in [0.4, 0.5) is 0 Å². The average molecular weight is 178 g/mol. The Morgan fingerprint density at radius 3 is 2.00 bits per heavy atom. The standard InChI is InChI=1S/C7H15Se/c1-4-5-6-7(2,3)8/h4-6H2,1-3H3. The summed E-state index contributed by atoms with van der Waals surface area (Å²) in [5, 5.41) is 0. The molecule has 0 spiro atoms. The predicted molar refractivity (Wildman–Crippen MR) is 39.3 cm³/mol. The molecule has 1 radical (unpaired) electrons. The van der Waals surface area contributed by atoms with Crippen LogP contribution in [-0.4, -0.2) is 16.0 Å². The van der Waals surface area contributed by atoms with Gasteiger partial charge in [0.1, 0.15) is 0 Å². The van der Waals surface area contributed by atoms with Gasteiger partial charge in [0.25, 0.3) is 0 Å². The number of unbranched alkanes of at least 4 members (excludes halogenated alkanes) is 1. The summed E-state index contributed by atoms with van der Waals surface area (Å²) in [6.45, 7) is 6.71. The third-order valence-corrected chi connectivity index (χ3v) is 1.56. The van der Waals surface area contributed by atoms with Gasteiger partial charge in [-0.3, -0.25) is 0 Å². The van der Waals surface area contributed by atoms with Gasteiger partial charge in [0.05, 0.1) is 0 Å². The summed E-state index contributed by atoms with van der Waals surface area (Å²) in [5.74, 6) is 0. The van der Waals surface area contributed by atoms with Crippen LogP contribution in [0.15, 0.2) is 0 Å². The van der Waals surface area contributed by atoms with Crippen molar-refractivity contribution in [2.45, 2.75) is 44.3 Å². The molecule has 8 heavy (non-hydrogen) atoms. The first-order chi connectivity index (χ1) is 3.56. The van der Waals surface area contributed by atoms with E-state index in [0.717, 1.165) is 0 Å². The van der Waals surface area contributed by atoms with E-state index in [1.165, 1.54) is 19.3 Å². The van der Waals surface area contributed by atoms with Crippen LogP contribution in [0.2, 0.25) is 4.31 Å². The van der Waals surface area contributed by atoms with E-state index in [1.54, 1.807) is 0 Å². The van der Waals surface area contributed by atoms with Crippen LogP contribution in [0.5, 0.6) is 0 Å². The molecule has 49 valence electrons. The van der Waals surface area contributed by atoms with Crippen molar-refractivity contribution < 1.29 is 0 Å². The third-order valence-electron chi connectivity index (χ3n) is 1.13. The molecule has 0 aliphatic rings. The normalized spacial score (nSPS) is 12.0. The molecule has 0 bridgehead atoms. The molecule has 0 rings (SSSR count). The van der Waals surface area contributed by atoms with Crippen molar-refractivity contribution in [1.29, 1.82) is 0 Å². The van der Waals surface area contributed by atoms with Crippen LogP contribution < -0.4 is 0 Å². The van der Waals surface area contributed by atoms with Gasteiger partial charge in [-0.1, -0.05) is 0 Å². The van der Waals surface area contributed by atoms with Crippen molar-refractivity contribution in [2.75, 3.05) is 0 Å². The Labute approximate surface area is 60.9 Å². The van der Waals surface area contributed by atoms with E-state index in [0.29, 0.717) is 4.31 Å². The van der Waals surface area contributed by atoms with Crippen LogP contribution >= 0.6 is 0 Å². The van der Waals surface area contributed by atoms with E-state index in [2.05, 4.69) is 36.8 Å². The van der Waals surface area contributed by atoms with E-state index in [1.807, 2.05) is 0 Å². The van der Waals surface area contributed by atoms with Crippen LogP contribution in [0.25, 0.3) is 0 Å². The molecule has 0 aliphatic carbocycles. The fourth-order valence-electron chi connectivity index (χ4n) is 0.602. The zero-order valence-electron chi connectivity index (χ0n) is 6.03. The molecule has 0 aromatic carbocycles. The Morgan fingerprint density at radius 1 is 1.38 bits per heavy atom. The quantitative estimate of drug-likeness (QED) is 0.582. The summed E-state index contributed by atoms with van der Waals surface area (Å²) in [6.07, 6.45) is 3.97. The summed E-state index contributed by atoms with van der Waals surface area (Å²) in [5.41, 5.74) is 0. The third kappa shape index (κ3) is 6.52. The molecular weight excluding hydrogens is 163 g/mol. The molecule has 0 saturated carbocycles. The van der Waals surface area contributed by atoms with E-state index in [4.69, 9.17) is 0 Å². The van der Waals surface area contributed by atoms with Gasteiger partial charge in [0, 0.05) is 0 Å². The molecule has 1 heteroatoms. The maximum atomic E-state index is 3.15. The van der Waals surface area contributed by atoms with Crippen molar-refractivity contribution in [3.8, 4) is 0 Å². The van der Waals surface area contributed by atoms with Crippen molar-refractivity contribution in [2.24, 2.45) is 0 Å². The van der Waals surface area contributed by atoms with E-state index in [9.17, 15) is 0 Å². The second-order valence-electron chi connectivity index (χ2n) is 2.86.